The lowest BCUT2D eigenvalue weighted by atomic mass is 9.87. The van der Waals surface area contributed by atoms with Crippen molar-refractivity contribution in [2.24, 2.45) is 11.8 Å². The summed E-state index contributed by atoms with van der Waals surface area (Å²) in [4.78, 5) is 31.4. The van der Waals surface area contributed by atoms with Crippen LogP contribution in [0.4, 0.5) is 5.69 Å². The van der Waals surface area contributed by atoms with Gasteiger partial charge in [0.15, 0.2) is 0 Å². The molecule has 2 unspecified atom stereocenters. The van der Waals surface area contributed by atoms with Gasteiger partial charge in [-0.05, 0) is 42.5 Å². The van der Waals surface area contributed by atoms with Gasteiger partial charge in [-0.3, -0.25) is 14.6 Å². The van der Waals surface area contributed by atoms with Gasteiger partial charge in [-0.25, -0.2) is 0 Å². The summed E-state index contributed by atoms with van der Waals surface area (Å²) >= 11 is 0. The number of rotatable bonds is 5. The first kappa shape index (κ1) is 18.6. The van der Waals surface area contributed by atoms with Crippen LogP contribution in [0, 0.1) is 11.8 Å². The summed E-state index contributed by atoms with van der Waals surface area (Å²) in [6.45, 7) is 1.84. The predicted octanol–water partition coefficient (Wildman–Crippen LogP) is 2.72. The third kappa shape index (κ3) is 4.07. The molecule has 28 heavy (non-hydrogen) atoms. The second-order valence-electron chi connectivity index (χ2n) is 7.46. The summed E-state index contributed by atoms with van der Waals surface area (Å²) in [6, 6.07) is 13.3. The maximum atomic E-state index is 13.1. The highest BCUT2D eigenvalue weighted by molar-refractivity contribution is 6.00. The summed E-state index contributed by atoms with van der Waals surface area (Å²) in [5.74, 6) is -0.0987. The molecule has 1 N–H and O–H groups in total. The van der Waals surface area contributed by atoms with Crippen molar-refractivity contribution in [3.05, 3.63) is 60.4 Å². The van der Waals surface area contributed by atoms with Crippen LogP contribution in [-0.2, 0) is 14.3 Å². The minimum absolute atomic E-state index is 0.00431. The second-order valence-corrected chi connectivity index (χ2v) is 7.46. The normalized spacial score (nSPS) is 21.5. The first-order chi connectivity index (χ1) is 13.7. The van der Waals surface area contributed by atoms with Crippen LogP contribution in [0.5, 0.6) is 0 Å². The zero-order chi connectivity index (χ0) is 19.3. The number of aromatic nitrogens is 1. The van der Waals surface area contributed by atoms with E-state index >= 15 is 0 Å². The Bertz CT molecular complexity index is 806. The Hall–Kier alpha value is -2.73. The number of benzene rings is 1. The van der Waals surface area contributed by atoms with Crippen molar-refractivity contribution in [3.8, 4) is 0 Å². The lowest BCUT2D eigenvalue weighted by Gasteiger charge is -2.31. The number of hydrogen-bond acceptors (Lipinski definition) is 4. The first-order valence-electron chi connectivity index (χ1n) is 9.86. The van der Waals surface area contributed by atoms with E-state index < -0.39 is 0 Å². The number of anilines is 1. The van der Waals surface area contributed by atoms with Crippen molar-refractivity contribution in [2.75, 3.05) is 24.7 Å². The van der Waals surface area contributed by atoms with Crippen LogP contribution in [0.2, 0.25) is 0 Å². The van der Waals surface area contributed by atoms with E-state index in [1.165, 1.54) is 0 Å². The number of carbonyl (C=O) groups excluding carboxylic acids is 2. The van der Waals surface area contributed by atoms with E-state index in [-0.39, 0.29) is 30.2 Å². The zero-order valence-corrected chi connectivity index (χ0v) is 15.8. The van der Waals surface area contributed by atoms with E-state index in [0.717, 1.165) is 24.1 Å². The molecule has 146 valence electrons. The first-order valence-corrected chi connectivity index (χ1v) is 9.86. The average molecular weight is 379 g/mol. The Labute approximate surface area is 164 Å². The molecule has 2 atom stereocenters. The van der Waals surface area contributed by atoms with Gasteiger partial charge < -0.3 is 15.0 Å². The summed E-state index contributed by atoms with van der Waals surface area (Å²) in [7, 11) is 0. The quantitative estimate of drug-likeness (QED) is 0.867. The zero-order valence-electron chi connectivity index (χ0n) is 15.8. The minimum Gasteiger partial charge on any atom is -0.381 e. The SMILES string of the molecule is O=C(NC(c1cccnc1)C1CCOCC1)C1CC(=O)N(c2ccccc2)C1. The predicted molar refractivity (Wildman–Crippen MR) is 106 cm³/mol. The van der Waals surface area contributed by atoms with Gasteiger partial charge in [-0.2, -0.15) is 0 Å². The Morgan fingerprint density at radius 1 is 1.14 bits per heavy atom. The lowest BCUT2D eigenvalue weighted by molar-refractivity contribution is -0.127. The molecule has 0 bridgehead atoms. The molecule has 2 amide bonds. The molecule has 2 aliphatic heterocycles. The molecule has 2 fully saturated rings. The lowest BCUT2D eigenvalue weighted by Crippen LogP contribution is -2.40. The molecule has 3 heterocycles. The molecule has 2 saturated heterocycles. The van der Waals surface area contributed by atoms with Crippen LogP contribution in [0.1, 0.15) is 30.9 Å². The minimum atomic E-state index is -0.341. The molecule has 6 nitrogen and oxygen atoms in total. The topological polar surface area (TPSA) is 71.5 Å². The monoisotopic (exact) mass is 379 g/mol. The van der Waals surface area contributed by atoms with Crippen LogP contribution in [0.15, 0.2) is 54.9 Å². The van der Waals surface area contributed by atoms with Crippen molar-refractivity contribution in [2.45, 2.75) is 25.3 Å². The van der Waals surface area contributed by atoms with E-state index in [4.69, 9.17) is 4.74 Å². The number of para-hydroxylation sites is 1. The van der Waals surface area contributed by atoms with Gasteiger partial charge in [0, 0.05) is 44.3 Å². The van der Waals surface area contributed by atoms with E-state index in [2.05, 4.69) is 10.3 Å². The second kappa shape index (κ2) is 8.52. The van der Waals surface area contributed by atoms with E-state index in [1.54, 1.807) is 11.1 Å². The molecular formula is C22H25N3O3. The molecule has 1 aromatic carbocycles. The van der Waals surface area contributed by atoms with Crippen molar-refractivity contribution in [3.63, 3.8) is 0 Å². The van der Waals surface area contributed by atoms with Crippen molar-refractivity contribution >= 4 is 17.5 Å². The van der Waals surface area contributed by atoms with Crippen LogP contribution >= 0.6 is 0 Å². The maximum Gasteiger partial charge on any atom is 0.227 e. The number of amides is 2. The Morgan fingerprint density at radius 2 is 1.93 bits per heavy atom. The van der Waals surface area contributed by atoms with Gasteiger partial charge in [0.05, 0.1) is 12.0 Å². The number of carbonyl (C=O) groups is 2. The fourth-order valence-electron chi connectivity index (χ4n) is 4.09. The highest BCUT2D eigenvalue weighted by Gasteiger charge is 2.37. The van der Waals surface area contributed by atoms with Gasteiger partial charge in [0.2, 0.25) is 11.8 Å². The number of nitrogens with zero attached hydrogens (tertiary/aromatic N) is 2. The number of hydrogen-bond donors (Lipinski definition) is 1. The highest BCUT2D eigenvalue weighted by atomic mass is 16.5. The molecule has 0 aliphatic carbocycles. The molecule has 2 aliphatic rings. The van der Waals surface area contributed by atoms with Gasteiger partial charge in [-0.1, -0.05) is 24.3 Å². The van der Waals surface area contributed by atoms with E-state index in [0.29, 0.717) is 25.7 Å². The summed E-state index contributed by atoms with van der Waals surface area (Å²) < 4.78 is 5.49. The molecule has 0 saturated carbocycles. The fourth-order valence-corrected chi connectivity index (χ4v) is 4.09. The molecule has 0 radical (unpaired) electrons. The third-order valence-corrected chi connectivity index (χ3v) is 5.64. The van der Waals surface area contributed by atoms with Crippen LogP contribution in [0.3, 0.4) is 0 Å². The molecule has 1 aromatic heterocycles. The van der Waals surface area contributed by atoms with Crippen molar-refractivity contribution in [1.82, 2.24) is 10.3 Å². The largest absolute Gasteiger partial charge is 0.381 e. The molecule has 2 aromatic rings. The van der Waals surface area contributed by atoms with Crippen molar-refractivity contribution in [1.29, 1.82) is 0 Å². The third-order valence-electron chi connectivity index (χ3n) is 5.64. The standard InChI is InChI=1S/C22H25N3O3/c26-20-13-18(15-25(20)19-6-2-1-3-7-19)22(27)24-21(16-8-11-28-12-9-16)17-5-4-10-23-14-17/h1-7,10,14,16,18,21H,8-9,11-13,15H2,(H,24,27). The molecular weight excluding hydrogens is 354 g/mol. The maximum absolute atomic E-state index is 13.1. The molecule has 4 rings (SSSR count). The van der Waals surface area contributed by atoms with Gasteiger partial charge in [0.1, 0.15) is 0 Å². The number of pyridine rings is 1. The molecule has 6 heteroatoms. The average Bonchev–Trinajstić information content (AvgIpc) is 3.15. The van der Waals surface area contributed by atoms with E-state index in [9.17, 15) is 9.59 Å². The van der Waals surface area contributed by atoms with Crippen LogP contribution < -0.4 is 10.2 Å². The Morgan fingerprint density at radius 3 is 2.64 bits per heavy atom. The van der Waals surface area contributed by atoms with Crippen LogP contribution in [-0.4, -0.2) is 36.6 Å². The van der Waals surface area contributed by atoms with Gasteiger partial charge in [-0.15, -0.1) is 0 Å². The Balaban J connectivity index is 1.48. The van der Waals surface area contributed by atoms with Crippen LogP contribution in [0.25, 0.3) is 0 Å². The van der Waals surface area contributed by atoms with E-state index in [1.807, 2.05) is 48.7 Å². The number of nitrogens with one attached hydrogen (secondary N) is 1. The summed E-state index contributed by atoms with van der Waals surface area (Å²) in [6.07, 6.45) is 5.60. The summed E-state index contributed by atoms with van der Waals surface area (Å²) in [5.41, 5.74) is 1.85. The molecule has 0 spiro atoms. The number of ether oxygens (including phenoxy) is 1. The van der Waals surface area contributed by atoms with Gasteiger partial charge in [0.25, 0.3) is 0 Å². The smallest absolute Gasteiger partial charge is 0.227 e. The summed E-state index contributed by atoms with van der Waals surface area (Å²) in [5, 5.41) is 3.22. The van der Waals surface area contributed by atoms with Gasteiger partial charge >= 0.3 is 0 Å². The highest BCUT2D eigenvalue weighted by Crippen LogP contribution is 2.31. The Kier molecular flexibility index (Phi) is 5.67. The van der Waals surface area contributed by atoms with Crippen molar-refractivity contribution < 1.29 is 14.3 Å². The fraction of sp³-hybridized carbons (Fsp3) is 0.409.